The minimum absolute atomic E-state index is 0.0547. The number of amides is 1. The molecule has 32 heavy (non-hydrogen) atoms. The van der Waals surface area contributed by atoms with E-state index in [1.54, 1.807) is 0 Å². The van der Waals surface area contributed by atoms with Gasteiger partial charge in [0.1, 0.15) is 5.82 Å². The molecule has 0 spiro atoms. The molecule has 3 N–H and O–H groups in total. The number of aryl methyl sites for hydroxylation is 1. The summed E-state index contributed by atoms with van der Waals surface area (Å²) in [5.41, 5.74) is 3.20. The van der Waals surface area contributed by atoms with Gasteiger partial charge in [-0.2, -0.15) is 0 Å². The van der Waals surface area contributed by atoms with Gasteiger partial charge in [0.25, 0.3) is 0 Å². The fraction of sp³-hybridized carbons (Fsp3) is 0.480. The molecule has 1 aromatic heterocycles. The summed E-state index contributed by atoms with van der Waals surface area (Å²) in [4.78, 5) is 31.4. The zero-order valence-corrected chi connectivity index (χ0v) is 18.4. The Bertz CT molecular complexity index is 934. The number of hydrogen-bond donors (Lipinski definition) is 3. The quantitative estimate of drug-likeness (QED) is 0.589. The Morgan fingerprint density at radius 3 is 2.84 bits per heavy atom. The van der Waals surface area contributed by atoms with Crippen molar-refractivity contribution in [2.45, 2.75) is 44.6 Å². The van der Waals surface area contributed by atoms with Crippen LogP contribution in [0.25, 0.3) is 0 Å². The molecule has 1 fully saturated rings. The van der Waals surface area contributed by atoms with Gasteiger partial charge in [-0.25, -0.2) is 4.98 Å². The largest absolute Gasteiger partial charge is 0.481 e. The number of carbonyl (C=O) groups is 2. The summed E-state index contributed by atoms with van der Waals surface area (Å²) >= 11 is 0. The molecule has 2 unspecified atom stereocenters. The summed E-state index contributed by atoms with van der Waals surface area (Å²) in [6.45, 7) is 3.53. The monoisotopic (exact) mass is 436 g/mol. The van der Waals surface area contributed by atoms with Crippen molar-refractivity contribution in [2.75, 3.05) is 31.5 Å². The summed E-state index contributed by atoms with van der Waals surface area (Å²) in [6, 6.07) is 13.1. The van der Waals surface area contributed by atoms with Gasteiger partial charge in [-0.05, 0) is 49.4 Å². The number of likely N-dealkylation sites (tertiary alicyclic amines) is 1. The number of rotatable bonds is 8. The summed E-state index contributed by atoms with van der Waals surface area (Å²) in [5, 5.41) is 15.7. The molecule has 0 aliphatic carbocycles. The first-order valence-corrected chi connectivity index (χ1v) is 11.6. The lowest BCUT2D eigenvalue weighted by molar-refractivity contribution is -0.138. The van der Waals surface area contributed by atoms with Crippen LogP contribution >= 0.6 is 0 Å². The van der Waals surface area contributed by atoms with E-state index in [4.69, 9.17) is 4.98 Å². The van der Waals surface area contributed by atoms with E-state index < -0.39 is 12.0 Å². The molecule has 4 rings (SSSR count). The molecule has 170 valence electrons. The normalized spacial score (nSPS) is 19.4. The number of pyridine rings is 1. The van der Waals surface area contributed by atoms with Crippen LogP contribution in [0.15, 0.2) is 42.5 Å². The Morgan fingerprint density at radius 2 is 2.03 bits per heavy atom. The number of carboxylic acid groups (broad SMARTS) is 1. The molecule has 2 aliphatic heterocycles. The number of aliphatic carboxylic acids is 1. The molecule has 0 saturated carbocycles. The van der Waals surface area contributed by atoms with Gasteiger partial charge in [0.2, 0.25) is 5.91 Å². The molecule has 7 heteroatoms. The molecule has 0 radical (unpaired) electrons. The summed E-state index contributed by atoms with van der Waals surface area (Å²) < 4.78 is 0. The van der Waals surface area contributed by atoms with Gasteiger partial charge in [-0.1, -0.05) is 36.4 Å². The molecule has 2 aliphatic rings. The van der Waals surface area contributed by atoms with Crippen molar-refractivity contribution in [3.05, 3.63) is 59.3 Å². The second-order valence-electron chi connectivity index (χ2n) is 8.80. The van der Waals surface area contributed by atoms with Crippen LogP contribution in [0.2, 0.25) is 0 Å². The molecule has 1 saturated heterocycles. The van der Waals surface area contributed by atoms with Gasteiger partial charge in [-0.15, -0.1) is 0 Å². The Labute approximate surface area is 189 Å². The van der Waals surface area contributed by atoms with Crippen LogP contribution in [-0.4, -0.2) is 53.0 Å². The van der Waals surface area contributed by atoms with E-state index in [2.05, 4.69) is 27.7 Å². The number of carbonyl (C=O) groups excluding carboxylic acids is 1. The molecule has 1 amide bonds. The van der Waals surface area contributed by atoms with E-state index in [1.807, 2.05) is 30.3 Å². The SMILES string of the molecule is O=C(O)CC(NC(=O)C1CCCN(CCc2ccc3c(n2)NCCC3)C1)c1ccccc1. The Hall–Kier alpha value is -2.93. The fourth-order valence-corrected chi connectivity index (χ4v) is 4.66. The van der Waals surface area contributed by atoms with Gasteiger partial charge >= 0.3 is 5.97 Å². The van der Waals surface area contributed by atoms with Crippen molar-refractivity contribution in [2.24, 2.45) is 5.92 Å². The first-order chi connectivity index (χ1) is 15.6. The minimum atomic E-state index is -0.920. The van der Waals surface area contributed by atoms with E-state index in [9.17, 15) is 14.7 Å². The van der Waals surface area contributed by atoms with Crippen molar-refractivity contribution in [3.8, 4) is 0 Å². The van der Waals surface area contributed by atoms with Crippen molar-refractivity contribution < 1.29 is 14.7 Å². The summed E-state index contributed by atoms with van der Waals surface area (Å²) in [6.07, 6.45) is 4.77. The highest BCUT2D eigenvalue weighted by molar-refractivity contribution is 5.80. The Kier molecular flexibility index (Phi) is 7.37. The van der Waals surface area contributed by atoms with Crippen LogP contribution in [0.3, 0.4) is 0 Å². The first-order valence-electron chi connectivity index (χ1n) is 11.6. The van der Waals surface area contributed by atoms with Crippen LogP contribution in [0.1, 0.15) is 48.5 Å². The lowest BCUT2D eigenvalue weighted by Crippen LogP contribution is -2.44. The lowest BCUT2D eigenvalue weighted by Gasteiger charge is -2.33. The molecule has 2 aromatic rings. The summed E-state index contributed by atoms with van der Waals surface area (Å²) in [5.74, 6) is -0.0747. The topological polar surface area (TPSA) is 94.6 Å². The highest BCUT2D eigenvalue weighted by Crippen LogP contribution is 2.23. The highest BCUT2D eigenvalue weighted by Gasteiger charge is 2.28. The lowest BCUT2D eigenvalue weighted by atomic mass is 9.95. The first kappa shape index (κ1) is 22.3. The van der Waals surface area contributed by atoms with Crippen LogP contribution in [0, 0.1) is 5.92 Å². The van der Waals surface area contributed by atoms with Crippen molar-refractivity contribution >= 4 is 17.7 Å². The predicted molar refractivity (Wildman–Crippen MR) is 123 cm³/mol. The molecule has 2 atom stereocenters. The number of piperidine rings is 1. The third kappa shape index (κ3) is 5.85. The molecule has 1 aromatic carbocycles. The van der Waals surface area contributed by atoms with Gasteiger partial charge < -0.3 is 20.6 Å². The third-order valence-electron chi connectivity index (χ3n) is 6.41. The fourth-order valence-electron chi connectivity index (χ4n) is 4.66. The number of hydrogen-bond acceptors (Lipinski definition) is 5. The van der Waals surface area contributed by atoms with Gasteiger partial charge in [0.05, 0.1) is 18.4 Å². The minimum Gasteiger partial charge on any atom is -0.481 e. The zero-order valence-electron chi connectivity index (χ0n) is 18.4. The van der Waals surface area contributed by atoms with Crippen molar-refractivity contribution in [1.82, 2.24) is 15.2 Å². The van der Waals surface area contributed by atoms with E-state index in [0.29, 0.717) is 6.54 Å². The number of anilines is 1. The molecular weight excluding hydrogens is 404 g/mol. The number of aromatic nitrogens is 1. The predicted octanol–water partition coefficient (Wildman–Crippen LogP) is 3.03. The average molecular weight is 437 g/mol. The summed E-state index contributed by atoms with van der Waals surface area (Å²) in [7, 11) is 0. The van der Waals surface area contributed by atoms with Crippen LogP contribution < -0.4 is 10.6 Å². The molecule has 7 nitrogen and oxygen atoms in total. The number of nitrogens with zero attached hydrogens (tertiary/aromatic N) is 2. The Morgan fingerprint density at radius 1 is 1.19 bits per heavy atom. The van der Waals surface area contributed by atoms with E-state index in [0.717, 1.165) is 68.8 Å². The highest BCUT2D eigenvalue weighted by atomic mass is 16.4. The smallest absolute Gasteiger partial charge is 0.305 e. The second kappa shape index (κ2) is 10.6. The van der Waals surface area contributed by atoms with Crippen LogP contribution in [-0.2, 0) is 22.4 Å². The maximum Gasteiger partial charge on any atom is 0.305 e. The van der Waals surface area contributed by atoms with Crippen LogP contribution in [0.4, 0.5) is 5.82 Å². The van der Waals surface area contributed by atoms with Gasteiger partial charge in [0.15, 0.2) is 0 Å². The van der Waals surface area contributed by atoms with E-state index in [-0.39, 0.29) is 18.2 Å². The maximum absolute atomic E-state index is 13.0. The number of carboxylic acids is 1. The van der Waals surface area contributed by atoms with Gasteiger partial charge in [0, 0.05) is 31.7 Å². The van der Waals surface area contributed by atoms with Crippen LogP contribution in [0.5, 0.6) is 0 Å². The molecular formula is C25H32N4O3. The average Bonchev–Trinajstić information content (AvgIpc) is 2.82. The Balaban J connectivity index is 1.32. The standard InChI is InChI=1S/C25H32N4O3/c30-23(31)16-22(18-6-2-1-3-7-18)28-25(32)20-9-5-14-29(17-20)15-12-21-11-10-19-8-4-13-26-24(19)27-21/h1-3,6-7,10-11,20,22H,4-5,8-9,12-17H2,(H,26,27)(H,28,32)(H,30,31). The molecule has 0 bridgehead atoms. The van der Waals surface area contributed by atoms with Crippen molar-refractivity contribution in [3.63, 3.8) is 0 Å². The van der Waals surface area contributed by atoms with E-state index >= 15 is 0 Å². The van der Waals surface area contributed by atoms with Crippen molar-refractivity contribution in [1.29, 1.82) is 0 Å². The number of nitrogens with one attached hydrogen (secondary N) is 2. The third-order valence-corrected chi connectivity index (χ3v) is 6.41. The maximum atomic E-state index is 13.0. The second-order valence-corrected chi connectivity index (χ2v) is 8.80. The number of benzene rings is 1. The molecule has 3 heterocycles. The van der Waals surface area contributed by atoms with E-state index in [1.165, 1.54) is 5.56 Å². The number of fused-ring (bicyclic) bond motifs is 1. The zero-order chi connectivity index (χ0) is 22.3. The van der Waals surface area contributed by atoms with Gasteiger partial charge in [-0.3, -0.25) is 9.59 Å².